The van der Waals surface area contributed by atoms with Crippen LogP contribution in [0.3, 0.4) is 0 Å². The summed E-state index contributed by atoms with van der Waals surface area (Å²) in [5.74, 6) is 1.30. The molecule has 2 saturated heterocycles. The van der Waals surface area contributed by atoms with Crippen LogP contribution in [0.15, 0.2) is 30.3 Å². The lowest BCUT2D eigenvalue weighted by molar-refractivity contribution is -0.123. The maximum atomic E-state index is 12.7. The second-order valence-corrected chi connectivity index (χ2v) is 7.71. The van der Waals surface area contributed by atoms with Gasteiger partial charge in [-0.3, -0.25) is 4.79 Å². The van der Waals surface area contributed by atoms with E-state index >= 15 is 0 Å². The fraction of sp³-hybridized carbons (Fsp3) is 0.667. The third kappa shape index (κ3) is 5.21. The van der Waals surface area contributed by atoms with E-state index in [1.165, 1.54) is 31.2 Å². The van der Waals surface area contributed by atoms with E-state index in [1.54, 1.807) is 0 Å². The molecule has 0 radical (unpaired) electrons. The van der Waals surface area contributed by atoms with Gasteiger partial charge in [0, 0.05) is 18.5 Å². The van der Waals surface area contributed by atoms with E-state index < -0.39 is 0 Å². The molecule has 3 rings (SSSR count). The number of nitrogens with one attached hydrogen (secondary N) is 2. The fourth-order valence-corrected chi connectivity index (χ4v) is 4.73. The van der Waals surface area contributed by atoms with E-state index in [2.05, 4.69) is 48.7 Å². The van der Waals surface area contributed by atoms with Crippen molar-refractivity contribution in [1.82, 2.24) is 10.6 Å². The topological polar surface area (TPSA) is 41.1 Å². The molecule has 2 bridgehead atoms. The molecular formula is C21H33ClN2O. The summed E-state index contributed by atoms with van der Waals surface area (Å²) in [5.41, 5.74) is 1.24. The molecule has 4 heteroatoms. The van der Waals surface area contributed by atoms with Crippen LogP contribution in [0.1, 0.15) is 70.4 Å². The first-order chi connectivity index (χ1) is 11.7. The van der Waals surface area contributed by atoms with Crippen LogP contribution in [0.25, 0.3) is 0 Å². The highest BCUT2D eigenvalue weighted by Gasteiger charge is 2.34. The van der Waals surface area contributed by atoms with Gasteiger partial charge < -0.3 is 10.6 Å². The molecule has 0 saturated carbocycles. The Hall–Kier alpha value is -1.06. The lowest BCUT2D eigenvalue weighted by atomic mass is 9.87. The third-order valence-corrected chi connectivity index (χ3v) is 6.04. The van der Waals surface area contributed by atoms with Crippen molar-refractivity contribution in [2.24, 2.45) is 11.8 Å². The van der Waals surface area contributed by atoms with Crippen LogP contribution in [-0.2, 0) is 4.79 Å². The number of fused-ring (bicyclic) bond motifs is 2. The molecule has 3 nitrogen and oxygen atoms in total. The number of benzene rings is 1. The van der Waals surface area contributed by atoms with Crippen molar-refractivity contribution >= 4 is 18.3 Å². The molecule has 2 heterocycles. The molecule has 25 heavy (non-hydrogen) atoms. The number of amides is 1. The van der Waals surface area contributed by atoms with Gasteiger partial charge in [-0.15, -0.1) is 12.4 Å². The summed E-state index contributed by atoms with van der Waals surface area (Å²) in [6.07, 6.45) is 7.81. The van der Waals surface area contributed by atoms with Gasteiger partial charge in [0.2, 0.25) is 5.91 Å². The molecule has 2 aliphatic rings. The smallest absolute Gasteiger partial charge is 0.220 e. The Balaban J connectivity index is 0.00000225. The van der Waals surface area contributed by atoms with E-state index in [1.807, 2.05) is 6.07 Å². The monoisotopic (exact) mass is 364 g/mol. The molecule has 1 aromatic carbocycles. The van der Waals surface area contributed by atoms with Crippen molar-refractivity contribution in [2.45, 2.75) is 76.9 Å². The number of carbonyl (C=O) groups is 1. The quantitative estimate of drug-likeness (QED) is 0.741. The molecule has 2 aliphatic heterocycles. The first-order valence-electron chi connectivity index (χ1n) is 9.79. The average Bonchev–Trinajstić information content (AvgIpc) is 2.94. The molecule has 1 aromatic rings. The van der Waals surface area contributed by atoms with Gasteiger partial charge >= 0.3 is 0 Å². The first kappa shape index (κ1) is 20.3. The van der Waals surface area contributed by atoms with E-state index in [4.69, 9.17) is 0 Å². The van der Waals surface area contributed by atoms with E-state index in [0.717, 1.165) is 12.8 Å². The van der Waals surface area contributed by atoms with E-state index in [9.17, 15) is 4.79 Å². The van der Waals surface area contributed by atoms with Crippen LogP contribution in [0.4, 0.5) is 0 Å². The molecule has 2 fully saturated rings. The van der Waals surface area contributed by atoms with Crippen LogP contribution < -0.4 is 10.6 Å². The Labute approximate surface area is 158 Å². The molecule has 1 amide bonds. The van der Waals surface area contributed by atoms with Crippen molar-refractivity contribution in [2.75, 3.05) is 0 Å². The van der Waals surface area contributed by atoms with Crippen LogP contribution in [0, 0.1) is 11.8 Å². The molecule has 3 unspecified atom stereocenters. The minimum absolute atomic E-state index is 0. The predicted octanol–water partition coefficient (Wildman–Crippen LogP) is 4.62. The molecule has 0 aromatic heterocycles. The van der Waals surface area contributed by atoms with E-state index in [0.29, 0.717) is 30.3 Å². The molecule has 3 atom stereocenters. The van der Waals surface area contributed by atoms with Crippen molar-refractivity contribution in [3.05, 3.63) is 35.9 Å². The van der Waals surface area contributed by atoms with Crippen LogP contribution >= 0.6 is 12.4 Å². The van der Waals surface area contributed by atoms with Gasteiger partial charge in [-0.25, -0.2) is 0 Å². The first-order valence-corrected chi connectivity index (χ1v) is 9.79. The average molecular weight is 365 g/mol. The maximum Gasteiger partial charge on any atom is 0.220 e. The van der Waals surface area contributed by atoms with Crippen LogP contribution in [-0.4, -0.2) is 18.0 Å². The summed E-state index contributed by atoms with van der Waals surface area (Å²) in [6.45, 7) is 4.45. The Kier molecular flexibility index (Phi) is 7.77. The lowest BCUT2D eigenvalue weighted by Crippen LogP contribution is -2.40. The van der Waals surface area contributed by atoms with Crippen molar-refractivity contribution in [1.29, 1.82) is 0 Å². The van der Waals surface area contributed by atoms with Gasteiger partial charge in [0.15, 0.2) is 0 Å². The number of hydrogen-bond donors (Lipinski definition) is 2. The molecule has 140 valence electrons. The summed E-state index contributed by atoms with van der Waals surface area (Å²) < 4.78 is 0. The highest BCUT2D eigenvalue weighted by atomic mass is 35.5. The standard InChI is InChI=1S/C21H32N2O.ClH/c1-3-16(4-2)21(17-8-6-5-7-9-17)23-20(24)14-15-12-18-10-11-19(13-15)22-18;/h5-9,15-16,18-19,21-22H,3-4,10-14H2,1-2H3,(H,23,24);1H. The van der Waals surface area contributed by atoms with Gasteiger partial charge in [-0.05, 0) is 43.1 Å². The fourth-order valence-electron chi connectivity index (χ4n) is 4.73. The van der Waals surface area contributed by atoms with Gasteiger partial charge in [0.1, 0.15) is 0 Å². The zero-order valence-corrected chi connectivity index (χ0v) is 16.4. The SMILES string of the molecule is CCC(CC)C(NC(=O)CC1CC2CCC(C1)N2)c1ccccc1.Cl. The lowest BCUT2D eigenvalue weighted by Gasteiger charge is -2.31. The van der Waals surface area contributed by atoms with Crippen LogP contribution in [0.2, 0.25) is 0 Å². The van der Waals surface area contributed by atoms with Gasteiger partial charge in [-0.2, -0.15) is 0 Å². The summed E-state index contributed by atoms with van der Waals surface area (Å²) in [5, 5.41) is 7.04. The normalized spacial score (nSPS) is 26.1. The summed E-state index contributed by atoms with van der Waals surface area (Å²) in [6, 6.07) is 11.9. The van der Waals surface area contributed by atoms with Gasteiger partial charge in [0.05, 0.1) is 6.04 Å². The molecule has 2 N–H and O–H groups in total. The summed E-state index contributed by atoms with van der Waals surface area (Å²) >= 11 is 0. The Morgan fingerprint density at radius 1 is 1.12 bits per heavy atom. The molecule has 0 aliphatic carbocycles. The van der Waals surface area contributed by atoms with Crippen molar-refractivity contribution in [3.63, 3.8) is 0 Å². The zero-order valence-electron chi connectivity index (χ0n) is 15.5. The summed E-state index contributed by atoms with van der Waals surface area (Å²) in [7, 11) is 0. The Morgan fingerprint density at radius 3 is 2.28 bits per heavy atom. The second kappa shape index (κ2) is 9.59. The third-order valence-electron chi connectivity index (χ3n) is 6.04. The minimum Gasteiger partial charge on any atom is -0.349 e. The summed E-state index contributed by atoms with van der Waals surface area (Å²) in [4.78, 5) is 12.7. The van der Waals surface area contributed by atoms with Crippen LogP contribution in [0.5, 0.6) is 0 Å². The zero-order chi connectivity index (χ0) is 16.9. The highest BCUT2D eigenvalue weighted by molar-refractivity contribution is 5.85. The van der Waals surface area contributed by atoms with Crippen molar-refractivity contribution < 1.29 is 4.79 Å². The molecule has 0 spiro atoms. The number of carbonyl (C=O) groups excluding carboxylic acids is 1. The minimum atomic E-state index is 0. The number of halogens is 1. The molecular weight excluding hydrogens is 332 g/mol. The Morgan fingerprint density at radius 2 is 1.72 bits per heavy atom. The largest absolute Gasteiger partial charge is 0.349 e. The Bertz CT molecular complexity index is 520. The number of hydrogen-bond acceptors (Lipinski definition) is 2. The second-order valence-electron chi connectivity index (χ2n) is 7.71. The van der Waals surface area contributed by atoms with Crippen molar-refractivity contribution in [3.8, 4) is 0 Å². The number of rotatable bonds is 7. The van der Waals surface area contributed by atoms with Gasteiger partial charge in [0.25, 0.3) is 0 Å². The predicted molar refractivity (Wildman–Crippen MR) is 106 cm³/mol. The maximum absolute atomic E-state index is 12.7. The van der Waals surface area contributed by atoms with Gasteiger partial charge in [-0.1, -0.05) is 57.0 Å². The van der Waals surface area contributed by atoms with E-state index in [-0.39, 0.29) is 24.4 Å². The highest BCUT2D eigenvalue weighted by Crippen LogP contribution is 2.33. The number of piperidine rings is 1.